The van der Waals surface area contributed by atoms with Gasteiger partial charge < -0.3 is 10.2 Å². The van der Waals surface area contributed by atoms with Crippen LogP contribution in [0, 0.1) is 0 Å². The molecular formula is C10H8Br3Cl3N2O. The molecule has 0 aliphatic carbocycles. The summed E-state index contributed by atoms with van der Waals surface area (Å²) in [6.45, 7) is 0. The van der Waals surface area contributed by atoms with Crippen molar-refractivity contribution >= 4 is 94.3 Å². The maximum absolute atomic E-state index is 12.0. The zero-order valence-corrected chi connectivity index (χ0v) is 16.5. The molecule has 0 saturated carbocycles. The van der Waals surface area contributed by atoms with Crippen LogP contribution >= 0.6 is 82.6 Å². The zero-order valence-electron chi connectivity index (χ0n) is 9.43. The molecular weight excluding hydrogens is 510 g/mol. The zero-order chi connectivity index (χ0) is 14.8. The minimum Gasteiger partial charge on any atom is -0.308 e. The largest absolute Gasteiger partial charge is 0.322 e. The number of rotatable bonds is 2. The van der Waals surface area contributed by atoms with E-state index in [9.17, 15) is 4.79 Å². The van der Waals surface area contributed by atoms with Crippen molar-refractivity contribution in [3.05, 3.63) is 28.2 Å². The third kappa shape index (κ3) is 5.25. The van der Waals surface area contributed by atoms with Crippen molar-refractivity contribution in [2.45, 2.75) is 7.64 Å². The molecule has 0 spiro atoms. The summed E-state index contributed by atoms with van der Waals surface area (Å²) in [5.74, 6) is 0. The van der Waals surface area contributed by atoms with Gasteiger partial charge in [-0.1, -0.05) is 82.6 Å². The topological polar surface area (TPSA) is 32.3 Å². The van der Waals surface area contributed by atoms with Crippen LogP contribution < -0.4 is 5.32 Å². The summed E-state index contributed by atoms with van der Waals surface area (Å²) >= 11 is 27.5. The van der Waals surface area contributed by atoms with Crippen molar-refractivity contribution in [2.75, 3.05) is 12.4 Å². The molecule has 1 N–H and O–H groups in total. The van der Waals surface area contributed by atoms with Crippen LogP contribution in [-0.4, -0.2) is 25.6 Å². The first-order chi connectivity index (χ1) is 8.62. The predicted octanol–water partition coefficient (Wildman–Crippen LogP) is 5.86. The number of hydrogen-bond donors (Lipinski definition) is 1. The molecule has 1 atom stereocenters. The van der Waals surface area contributed by atoms with Crippen molar-refractivity contribution < 1.29 is 4.79 Å². The molecule has 0 aliphatic heterocycles. The SMILES string of the molecule is CN(C(=O)Nc1ccc(Cl)c(Cl)c1)C(Cl)C(Br)(Br)Br. The monoisotopic (exact) mass is 514 g/mol. The van der Waals surface area contributed by atoms with E-state index < -0.39 is 7.64 Å². The molecule has 1 aromatic rings. The predicted molar refractivity (Wildman–Crippen MR) is 92.4 cm³/mol. The quantitative estimate of drug-likeness (QED) is 0.386. The number of halogens is 6. The average molecular weight is 518 g/mol. The van der Waals surface area contributed by atoms with E-state index >= 15 is 0 Å². The maximum atomic E-state index is 12.0. The number of anilines is 1. The highest BCUT2D eigenvalue weighted by Gasteiger charge is 2.34. The lowest BCUT2D eigenvalue weighted by molar-refractivity contribution is 0.219. The van der Waals surface area contributed by atoms with Gasteiger partial charge >= 0.3 is 6.03 Å². The lowest BCUT2D eigenvalue weighted by Gasteiger charge is -2.29. The fraction of sp³-hybridized carbons (Fsp3) is 0.300. The molecule has 1 rings (SSSR count). The summed E-state index contributed by atoms with van der Waals surface area (Å²) < 4.78 is -0.779. The Morgan fingerprint density at radius 2 is 1.89 bits per heavy atom. The number of nitrogens with zero attached hydrogens (tertiary/aromatic N) is 1. The fourth-order valence-corrected chi connectivity index (χ4v) is 2.42. The van der Waals surface area contributed by atoms with Gasteiger partial charge in [-0.3, -0.25) is 0 Å². The highest BCUT2D eigenvalue weighted by Crippen LogP contribution is 2.41. The molecule has 0 heterocycles. The Morgan fingerprint density at radius 1 is 1.32 bits per heavy atom. The van der Waals surface area contributed by atoms with Crippen LogP contribution in [0.1, 0.15) is 0 Å². The number of amides is 2. The van der Waals surface area contributed by atoms with Gasteiger partial charge in [0.1, 0.15) is 5.50 Å². The van der Waals surface area contributed by atoms with Crippen LogP contribution in [0.25, 0.3) is 0 Å². The third-order valence-electron chi connectivity index (χ3n) is 2.10. The standard InChI is InChI=1S/C10H8Br3Cl3N2O/c1-18(8(16)10(11,12)13)9(19)17-5-2-3-6(14)7(15)4-5/h2-4,8H,1H3,(H,17,19). The van der Waals surface area contributed by atoms with Crippen LogP contribution in [0.3, 0.4) is 0 Å². The smallest absolute Gasteiger partial charge is 0.308 e. The highest BCUT2D eigenvalue weighted by atomic mass is 80.0. The van der Waals surface area contributed by atoms with Crippen molar-refractivity contribution in [1.82, 2.24) is 4.90 Å². The Balaban J connectivity index is 2.77. The summed E-state index contributed by atoms with van der Waals surface area (Å²) in [5.41, 5.74) is -0.144. The van der Waals surface area contributed by atoms with Gasteiger partial charge in [-0.2, -0.15) is 0 Å². The summed E-state index contributed by atoms with van der Waals surface area (Å²) in [7, 11) is 1.56. The van der Waals surface area contributed by atoms with E-state index in [2.05, 4.69) is 53.1 Å². The molecule has 0 aliphatic rings. The second-order valence-electron chi connectivity index (χ2n) is 3.55. The molecule has 0 radical (unpaired) electrons. The van der Waals surface area contributed by atoms with E-state index in [4.69, 9.17) is 34.8 Å². The molecule has 106 valence electrons. The molecule has 3 nitrogen and oxygen atoms in total. The Labute approximate surface area is 151 Å². The van der Waals surface area contributed by atoms with E-state index in [0.29, 0.717) is 15.7 Å². The van der Waals surface area contributed by atoms with Gasteiger partial charge in [-0.25, -0.2) is 4.79 Å². The van der Waals surface area contributed by atoms with Gasteiger partial charge in [-0.05, 0) is 18.2 Å². The second kappa shape index (κ2) is 7.18. The Bertz CT molecular complexity index is 482. The minimum absolute atomic E-state index is 0.361. The lowest BCUT2D eigenvalue weighted by atomic mass is 10.3. The molecule has 1 aromatic carbocycles. The molecule has 9 heteroatoms. The van der Waals surface area contributed by atoms with Crippen LogP contribution in [0.2, 0.25) is 10.0 Å². The van der Waals surface area contributed by atoms with E-state index in [1.54, 1.807) is 25.2 Å². The summed E-state index contributed by atoms with van der Waals surface area (Å²) in [6, 6.07) is 4.41. The number of carbonyl (C=O) groups is 1. The fourth-order valence-electron chi connectivity index (χ4n) is 1.11. The first-order valence-electron chi connectivity index (χ1n) is 4.82. The van der Waals surface area contributed by atoms with E-state index in [-0.39, 0.29) is 6.03 Å². The molecule has 0 aromatic heterocycles. The van der Waals surface area contributed by atoms with Crippen molar-refractivity contribution in [2.24, 2.45) is 0 Å². The van der Waals surface area contributed by atoms with E-state index in [0.717, 1.165) is 0 Å². The number of hydrogen-bond acceptors (Lipinski definition) is 1. The Morgan fingerprint density at radius 3 is 2.37 bits per heavy atom. The van der Waals surface area contributed by atoms with Gasteiger partial charge in [-0.15, -0.1) is 0 Å². The Hall–Kier alpha value is 0.800. The van der Waals surface area contributed by atoms with Crippen molar-refractivity contribution in [3.8, 4) is 0 Å². The van der Waals surface area contributed by atoms with Crippen LogP contribution in [0.5, 0.6) is 0 Å². The number of benzene rings is 1. The Kier molecular flexibility index (Phi) is 6.75. The van der Waals surface area contributed by atoms with Crippen molar-refractivity contribution in [3.63, 3.8) is 0 Å². The van der Waals surface area contributed by atoms with E-state index in [1.165, 1.54) is 4.90 Å². The minimum atomic E-state index is -0.779. The molecule has 0 saturated heterocycles. The number of nitrogens with one attached hydrogen (secondary N) is 1. The van der Waals surface area contributed by atoms with Crippen molar-refractivity contribution in [1.29, 1.82) is 0 Å². The average Bonchev–Trinajstić information content (AvgIpc) is 2.30. The number of carbonyl (C=O) groups excluding carboxylic acids is 1. The van der Waals surface area contributed by atoms with Gasteiger partial charge in [0.05, 0.1) is 10.0 Å². The number of alkyl halides is 4. The van der Waals surface area contributed by atoms with Gasteiger partial charge in [0.25, 0.3) is 0 Å². The maximum Gasteiger partial charge on any atom is 0.322 e. The first-order valence-corrected chi connectivity index (χ1v) is 8.39. The molecule has 0 bridgehead atoms. The number of urea groups is 1. The summed E-state index contributed by atoms with van der Waals surface area (Å²) in [6.07, 6.45) is 0. The summed E-state index contributed by atoms with van der Waals surface area (Å²) in [4.78, 5) is 13.3. The molecule has 2 amide bonds. The van der Waals surface area contributed by atoms with Gasteiger partial charge in [0, 0.05) is 12.7 Å². The lowest BCUT2D eigenvalue weighted by Crippen LogP contribution is -2.42. The van der Waals surface area contributed by atoms with Gasteiger partial charge in [0.15, 0.2) is 2.14 Å². The first kappa shape index (κ1) is 17.9. The third-order valence-corrected chi connectivity index (χ3v) is 5.55. The summed E-state index contributed by atoms with van der Waals surface area (Å²) in [5, 5.41) is 3.44. The molecule has 19 heavy (non-hydrogen) atoms. The van der Waals surface area contributed by atoms with Crippen LogP contribution in [-0.2, 0) is 0 Å². The van der Waals surface area contributed by atoms with Crippen LogP contribution in [0.15, 0.2) is 18.2 Å². The van der Waals surface area contributed by atoms with Crippen LogP contribution in [0.4, 0.5) is 10.5 Å². The highest BCUT2D eigenvalue weighted by molar-refractivity contribution is 9.39. The molecule has 1 unspecified atom stereocenters. The van der Waals surface area contributed by atoms with E-state index in [1.807, 2.05) is 0 Å². The molecule has 0 fully saturated rings. The second-order valence-corrected chi connectivity index (χ2v) is 11.7. The van der Waals surface area contributed by atoms with Gasteiger partial charge in [0.2, 0.25) is 0 Å². The normalized spacial score (nSPS) is 13.0.